The van der Waals surface area contributed by atoms with E-state index in [4.69, 9.17) is 0 Å². The van der Waals surface area contributed by atoms with Crippen LogP contribution in [0.15, 0.2) is 0 Å². The molecule has 0 radical (unpaired) electrons. The summed E-state index contributed by atoms with van der Waals surface area (Å²) >= 11 is 0. The van der Waals surface area contributed by atoms with Gasteiger partial charge in [-0.15, -0.1) is 0 Å². The maximum Gasteiger partial charge on any atom is 0.0652 e. The lowest BCUT2D eigenvalue weighted by atomic mass is 9.64. The Bertz CT molecular complexity index is 153. The van der Waals surface area contributed by atoms with E-state index in [9.17, 15) is 5.11 Å². The van der Waals surface area contributed by atoms with Crippen LogP contribution in [0.25, 0.3) is 0 Å². The van der Waals surface area contributed by atoms with Gasteiger partial charge in [-0.2, -0.15) is 0 Å². The third-order valence-electron chi connectivity index (χ3n) is 3.22. The van der Waals surface area contributed by atoms with Crippen LogP contribution in [0.2, 0.25) is 0 Å². The summed E-state index contributed by atoms with van der Waals surface area (Å²) < 4.78 is 0. The molecule has 1 heteroatoms. The Morgan fingerprint density at radius 3 is 2.17 bits per heavy atom. The highest BCUT2D eigenvalue weighted by molar-refractivity contribution is 4.92. The van der Waals surface area contributed by atoms with Gasteiger partial charge in [0.15, 0.2) is 0 Å². The molecule has 1 aliphatic carbocycles. The summed E-state index contributed by atoms with van der Waals surface area (Å²) in [7, 11) is 0. The molecule has 72 valence electrons. The van der Waals surface area contributed by atoms with Crippen molar-refractivity contribution in [1.82, 2.24) is 0 Å². The fourth-order valence-corrected chi connectivity index (χ4v) is 2.68. The summed E-state index contributed by atoms with van der Waals surface area (Å²) in [5.41, 5.74) is -0.166. The van der Waals surface area contributed by atoms with Crippen LogP contribution in [-0.4, -0.2) is 10.7 Å². The number of aliphatic hydroxyl groups is 1. The summed E-state index contributed by atoms with van der Waals surface area (Å²) in [6.07, 6.45) is 4.66. The predicted molar refractivity (Wildman–Crippen MR) is 52.0 cm³/mol. The number of hydrogen-bond donors (Lipinski definition) is 1. The van der Waals surface area contributed by atoms with Crippen molar-refractivity contribution in [2.24, 2.45) is 11.3 Å². The SMILES string of the molecule is CC(C)(C)[C@H]1CCCC[C@]1(C)O. The smallest absolute Gasteiger partial charge is 0.0652 e. The Balaban J connectivity index is 2.73. The van der Waals surface area contributed by atoms with E-state index in [1.807, 2.05) is 6.92 Å². The summed E-state index contributed by atoms with van der Waals surface area (Å²) in [5, 5.41) is 10.2. The molecule has 0 aromatic heterocycles. The lowest BCUT2D eigenvalue weighted by molar-refractivity contribution is -0.0752. The third kappa shape index (κ3) is 2.01. The summed E-state index contributed by atoms with van der Waals surface area (Å²) in [4.78, 5) is 0. The van der Waals surface area contributed by atoms with Crippen LogP contribution in [0, 0.1) is 11.3 Å². The van der Waals surface area contributed by atoms with Gasteiger partial charge in [-0.25, -0.2) is 0 Å². The first-order valence-electron chi connectivity index (χ1n) is 5.06. The Morgan fingerprint density at radius 2 is 1.83 bits per heavy atom. The van der Waals surface area contributed by atoms with Crippen LogP contribution >= 0.6 is 0 Å². The molecule has 1 aliphatic rings. The van der Waals surface area contributed by atoms with Crippen molar-refractivity contribution < 1.29 is 5.11 Å². The van der Waals surface area contributed by atoms with E-state index in [1.165, 1.54) is 19.3 Å². The Morgan fingerprint density at radius 1 is 1.25 bits per heavy atom. The van der Waals surface area contributed by atoms with E-state index in [-0.39, 0.29) is 5.41 Å². The highest BCUT2D eigenvalue weighted by Gasteiger charge is 2.41. The Kier molecular flexibility index (Phi) is 2.53. The molecule has 0 aliphatic heterocycles. The molecule has 1 rings (SSSR count). The molecular formula is C11H22O. The van der Waals surface area contributed by atoms with Gasteiger partial charge >= 0.3 is 0 Å². The second kappa shape index (κ2) is 3.02. The topological polar surface area (TPSA) is 20.2 Å². The molecule has 0 spiro atoms. The predicted octanol–water partition coefficient (Wildman–Crippen LogP) is 2.97. The number of hydrogen-bond acceptors (Lipinski definition) is 1. The molecule has 1 N–H and O–H groups in total. The van der Waals surface area contributed by atoms with Gasteiger partial charge in [0.2, 0.25) is 0 Å². The molecule has 12 heavy (non-hydrogen) atoms. The minimum atomic E-state index is -0.420. The minimum absolute atomic E-state index is 0.254. The highest BCUT2D eigenvalue weighted by atomic mass is 16.3. The maximum atomic E-state index is 10.2. The molecule has 1 fully saturated rings. The van der Waals surface area contributed by atoms with Crippen molar-refractivity contribution in [3.05, 3.63) is 0 Å². The molecule has 1 saturated carbocycles. The van der Waals surface area contributed by atoms with Crippen LogP contribution in [0.5, 0.6) is 0 Å². The van der Waals surface area contributed by atoms with Crippen LogP contribution in [0.1, 0.15) is 53.4 Å². The summed E-state index contributed by atoms with van der Waals surface area (Å²) in [6.45, 7) is 8.70. The van der Waals surface area contributed by atoms with Crippen molar-refractivity contribution in [2.45, 2.75) is 59.0 Å². The van der Waals surface area contributed by atoms with Crippen molar-refractivity contribution in [2.75, 3.05) is 0 Å². The zero-order valence-corrected chi connectivity index (χ0v) is 8.85. The monoisotopic (exact) mass is 170 g/mol. The van der Waals surface area contributed by atoms with E-state index in [0.29, 0.717) is 5.92 Å². The standard InChI is InChI=1S/C11H22O/c1-10(2,3)9-7-5-6-8-11(9,4)12/h9,12H,5-8H2,1-4H3/t9-,11+/m1/s1. The van der Waals surface area contributed by atoms with Crippen molar-refractivity contribution in [3.63, 3.8) is 0 Å². The molecule has 1 nitrogen and oxygen atoms in total. The molecule has 0 unspecified atom stereocenters. The third-order valence-corrected chi connectivity index (χ3v) is 3.22. The van der Waals surface area contributed by atoms with Gasteiger partial charge in [-0.3, -0.25) is 0 Å². The normalized spacial score (nSPS) is 38.2. The second-order valence-corrected chi connectivity index (χ2v) is 5.52. The van der Waals surface area contributed by atoms with Crippen molar-refractivity contribution in [3.8, 4) is 0 Å². The van der Waals surface area contributed by atoms with Crippen LogP contribution in [0.4, 0.5) is 0 Å². The lowest BCUT2D eigenvalue weighted by Gasteiger charge is -2.44. The first kappa shape index (κ1) is 10.0. The van der Waals surface area contributed by atoms with E-state index >= 15 is 0 Å². The molecule has 2 atom stereocenters. The van der Waals surface area contributed by atoms with E-state index < -0.39 is 5.60 Å². The van der Waals surface area contributed by atoms with Crippen LogP contribution in [-0.2, 0) is 0 Å². The van der Waals surface area contributed by atoms with Gasteiger partial charge in [0, 0.05) is 0 Å². The van der Waals surface area contributed by atoms with Gasteiger partial charge in [-0.05, 0) is 31.1 Å². The molecule has 0 saturated heterocycles. The molecule has 0 bridgehead atoms. The molecule has 0 aromatic carbocycles. The van der Waals surface area contributed by atoms with Crippen molar-refractivity contribution >= 4 is 0 Å². The maximum absolute atomic E-state index is 10.2. The minimum Gasteiger partial charge on any atom is -0.390 e. The average Bonchev–Trinajstić information content (AvgIpc) is 1.83. The van der Waals surface area contributed by atoms with Crippen LogP contribution < -0.4 is 0 Å². The fraction of sp³-hybridized carbons (Fsp3) is 1.00. The van der Waals surface area contributed by atoms with E-state index in [1.54, 1.807) is 0 Å². The molecule has 0 heterocycles. The van der Waals surface area contributed by atoms with Gasteiger partial charge in [-0.1, -0.05) is 33.6 Å². The van der Waals surface area contributed by atoms with Crippen molar-refractivity contribution in [1.29, 1.82) is 0 Å². The zero-order chi connectivity index (χ0) is 9.41. The average molecular weight is 170 g/mol. The summed E-state index contributed by atoms with van der Waals surface area (Å²) in [6, 6.07) is 0. The second-order valence-electron chi connectivity index (χ2n) is 5.52. The van der Waals surface area contributed by atoms with Gasteiger partial charge in [0.1, 0.15) is 0 Å². The van der Waals surface area contributed by atoms with E-state index in [0.717, 1.165) is 6.42 Å². The highest BCUT2D eigenvalue weighted by Crippen LogP contribution is 2.43. The van der Waals surface area contributed by atoms with Gasteiger partial charge in [0.25, 0.3) is 0 Å². The first-order valence-corrected chi connectivity index (χ1v) is 5.06. The summed E-state index contributed by atoms with van der Waals surface area (Å²) in [5.74, 6) is 0.471. The Hall–Kier alpha value is -0.0400. The fourth-order valence-electron chi connectivity index (χ4n) is 2.68. The van der Waals surface area contributed by atoms with E-state index in [2.05, 4.69) is 20.8 Å². The molecule has 0 aromatic rings. The lowest BCUT2D eigenvalue weighted by Crippen LogP contribution is -2.44. The Labute approximate surface area is 76.2 Å². The molecular weight excluding hydrogens is 148 g/mol. The quantitative estimate of drug-likeness (QED) is 0.592. The zero-order valence-electron chi connectivity index (χ0n) is 8.85. The van der Waals surface area contributed by atoms with Gasteiger partial charge in [0.05, 0.1) is 5.60 Å². The molecule has 0 amide bonds. The first-order chi connectivity index (χ1) is 5.34. The van der Waals surface area contributed by atoms with Crippen LogP contribution in [0.3, 0.4) is 0 Å². The number of rotatable bonds is 0. The van der Waals surface area contributed by atoms with Gasteiger partial charge < -0.3 is 5.11 Å². The largest absolute Gasteiger partial charge is 0.390 e.